The Labute approximate surface area is 119 Å². The molecule has 3 rings (SSSR count). The Morgan fingerprint density at radius 3 is 2.71 bits per heavy atom. The van der Waals surface area contributed by atoms with Crippen molar-refractivity contribution in [2.24, 2.45) is 0 Å². The number of ether oxygens (including phenoxy) is 1. The maximum Gasteiger partial charge on any atom is 0.308 e. The number of benzene rings is 1. The molecule has 21 heavy (non-hydrogen) atoms. The Kier molecular flexibility index (Phi) is 3.10. The number of hydrogen-bond acceptors (Lipinski definition) is 5. The van der Waals surface area contributed by atoms with Crippen LogP contribution in [0.15, 0.2) is 50.2 Å². The molecule has 2 aromatic heterocycles. The standard InChI is InChI=1S/C16H12O5/c1-9-5-6-12-11(8-9)14(18)16(20-10(2)17)15(21-12)13-4-3-7-19-13/h3-8H,1-2H3. The molecule has 0 radical (unpaired) electrons. The number of carbonyl (C=O) groups excluding carboxylic acids is 1. The van der Waals surface area contributed by atoms with Gasteiger partial charge in [0.25, 0.3) is 0 Å². The predicted molar refractivity (Wildman–Crippen MR) is 76.2 cm³/mol. The lowest BCUT2D eigenvalue weighted by Crippen LogP contribution is -2.13. The minimum Gasteiger partial charge on any atom is -0.461 e. The number of aryl methyl sites for hydroxylation is 1. The normalized spacial score (nSPS) is 10.8. The van der Waals surface area contributed by atoms with Gasteiger partial charge in [0, 0.05) is 6.92 Å². The van der Waals surface area contributed by atoms with Crippen molar-refractivity contribution in [2.75, 3.05) is 0 Å². The van der Waals surface area contributed by atoms with Crippen molar-refractivity contribution >= 4 is 16.9 Å². The smallest absolute Gasteiger partial charge is 0.308 e. The third kappa shape index (κ3) is 2.33. The van der Waals surface area contributed by atoms with E-state index in [1.807, 2.05) is 13.0 Å². The van der Waals surface area contributed by atoms with Crippen LogP contribution in [0.4, 0.5) is 0 Å². The van der Waals surface area contributed by atoms with Gasteiger partial charge in [-0.2, -0.15) is 0 Å². The highest BCUT2D eigenvalue weighted by Crippen LogP contribution is 2.31. The zero-order valence-corrected chi connectivity index (χ0v) is 11.5. The lowest BCUT2D eigenvalue weighted by Gasteiger charge is -2.07. The van der Waals surface area contributed by atoms with E-state index >= 15 is 0 Å². The monoisotopic (exact) mass is 284 g/mol. The number of furan rings is 1. The summed E-state index contributed by atoms with van der Waals surface area (Å²) in [6, 6.07) is 8.52. The fourth-order valence-electron chi connectivity index (χ4n) is 2.10. The molecule has 1 aromatic carbocycles. The largest absolute Gasteiger partial charge is 0.461 e. The van der Waals surface area contributed by atoms with Gasteiger partial charge in [-0.15, -0.1) is 0 Å². The first-order valence-electron chi connectivity index (χ1n) is 6.36. The number of esters is 1. The summed E-state index contributed by atoms with van der Waals surface area (Å²) in [5.41, 5.74) is 0.920. The summed E-state index contributed by atoms with van der Waals surface area (Å²) >= 11 is 0. The highest BCUT2D eigenvalue weighted by molar-refractivity contribution is 5.83. The molecule has 2 heterocycles. The predicted octanol–water partition coefficient (Wildman–Crippen LogP) is 3.29. The van der Waals surface area contributed by atoms with Crippen LogP contribution in [-0.4, -0.2) is 5.97 Å². The third-order valence-corrected chi connectivity index (χ3v) is 2.99. The van der Waals surface area contributed by atoms with E-state index in [4.69, 9.17) is 13.6 Å². The van der Waals surface area contributed by atoms with Crippen molar-refractivity contribution in [3.63, 3.8) is 0 Å². The molecule has 106 valence electrons. The Bertz CT molecular complexity index is 872. The first kappa shape index (κ1) is 13.2. The molecule has 5 heteroatoms. The average molecular weight is 284 g/mol. The molecule has 0 amide bonds. The lowest BCUT2D eigenvalue weighted by molar-refractivity contribution is -0.132. The number of rotatable bonds is 2. The van der Waals surface area contributed by atoms with E-state index in [1.165, 1.54) is 13.2 Å². The van der Waals surface area contributed by atoms with Crippen LogP contribution in [-0.2, 0) is 4.79 Å². The van der Waals surface area contributed by atoms with Gasteiger partial charge in [-0.05, 0) is 31.2 Å². The minimum atomic E-state index is -0.595. The first-order valence-corrected chi connectivity index (χ1v) is 6.36. The van der Waals surface area contributed by atoms with Gasteiger partial charge in [-0.1, -0.05) is 11.6 Å². The molecule has 0 aliphatic carbocycles. The molecular weight excluding hydrogens is 272 g/mol. The third-order valence-electron chi connectivity index (χ3n) is 2.99. The van der Waals surface area contributed by atoms with Crippen molar-refractivity contribution in [1.82, 2.24) is 0 Å². The Balaban J connectivity index is 2.37. The SMILES string of the molecule is CC(=O)Oc1c(-c2ccco2)oc2ccc(C)cc2c1=O. The average Bonchev–Trinajstić information content (AvgIpc) is 2.96. The topological polar surface area (TPSA) is 69.7 Å². The first-order chi connectivity index (χ1) is 10.1. The molecule has 0 saturated carbocycles. The Hall–Kier alpha value is -2.82. The van der Waals surface area contributed by atoms with Crippen molar-refractivity contribution in [3.05, 3.63) is 52.4 Å². The molecule has 0 unspecified atom stereocenters. The van der Waals surface area contributed by atoms with Gasteiger partial charge in [0.1, 0.15) is 5.58 Å². The van der Waals surface area contributed by atoms with E-state index in [-0.39, 0.29) is 11.5 Å². The molecule has 0 spiro atoms. The zero-order valence-electron chi connectivity index (χ0n) is 11.5. The zero-order chi connectivity index (χ0) is 15.0. The van der Waals surface area contributed by atoms with Crippen LogP contribution in [0.2, 0.25) is 0 Å². The summed E-state index contributed by atoms with van der Waals surface area (Å²) < 4.78 is 16.0. The van der Waals surface area contributed by atoms with Crippen molar-refractivity contribution < 1.29 is 18.4 Å². The van der Waals surface area contributed by atoms with Crippen molar-refractivity contribution in [2.45, 2.75) is 13.8 Å². The van der Waals surface area contributed by atoms with E-state index in [2.05, 4.69) is 0 Å². The molecule has 0 saturated heterocycles. The van der Waals surface area contributed by atoms with Gasteiger partial charge < -0.3 is 13.6 Å². The number of hydrogen-bond donors (Lipinski definition) is 0. The maximum atomic E-state index is 12.6. The molecule has 0 atom stereocenters. The van der Waals surface area contributed by atoms with E-state index in [9.17, 15) is 9.59 Å². The maximum absolute atomic E-state index is 12.6. The molecule has 0 N–H and O–H groups in total. The summed E-state index contributed by atoms with van der Waals surface area (Å²) in [7, 11) is 0. The van der Waals surface area contributed by atoms with Crippen molar-refractivity contribution in [1.29, 1.82) is 0 Å². The lowest BCUT2D eigenvalue weighted by atomic mass is 10.1. The second kappa shape index (κ2) is 4.94. The molecule has 0 aliphatic heterocycles. The fraction of sp³-hybridized carbons (Fsp3) is 0.125. The highest BCUT2D eigenvalue weighted by Gasteiger charge is 2.20. The van der Waals surface area contributed by atoms with Gasteiger partial charge in [0.15, 0.2) is 5.76 Å². The van der Waals surface area contributed by atoms with Crippen LogP contribution < -0.4 is 10.2 Å². The van der Waals surface area contributed by atoms with E-state index in [0.29, 0.717) is 16.7 Å². The second-order valence-corrected chi connectivity index (χ2v) is 4.66. The Morgan fingerprint density at radius 1 is 1.24 bits per heavy atom. The minimum absolute atomic E-state index is 0.108. The van der Waals surface area contributed by atoms with E-state index in [0.717, 1.165) is 5.56 Å². The van der Waals surface area contributed by atoms with E-state index in [1.54, 1.807) is 24.3 Å². The van der Waals surface area contributed by atoms with Crippen LogP contribution in [0.25, 0.3) is 22.5 Å². The Morgan fingerprint density at radius 2 is 2.05 bits per heavy atom. The van der Waals surface area contributed by atoms with Crippen molar-refractivity contribution in [3.8, 4) is 17.3 Å². The quantitative estimate of drug-likeness (QED) is 0.675. The van der Waals surface area contributed by atoms with Gasteiger partial charge >= 0.3 is 5.97 Å². The summed E-state index contributed by atoms with van der Waals surface area (Å²) in [4.78, 5) is 23.8. The molecule has 0 bridgehead atoms. The molecular formula is C16H12O5. The summed E-state index contributed by atoms with van der Waals surface area (Å²) in [5, 5.41) is 0.363. The van der Waals surface area contributed by atoms with Gasteiger partial charge in [-0.3, -0.25) is 9.59 Å². The van der Waals surface area contributed by atoms with Crippen LogP contribution in [0, 0.1) is 6.92 Å². The van der Waals surface area contributed by atoms with Crippen LogP contribution in [0.1, 0.15) is 12.5 Å². The number of fused-ring (bicyclic) bond motifs is 1. The van der Waals surface area contributed by atoms with Gasteiger partial charge in [-0.25, -0.2) is 0 Å². The molecule has 0 fully saturated rings. The van der Waals surface area contributed by atoms with Gasteiger partial charge in [0.2, 0.25) is 16.9 Å². The van der Waals surface area contributed by atoms with Crippen LogP contribution in [0.3, 0.4) is 0 Å². The second-order valence-electron chi connectivity index (χ2n) is 4.66. The van der Waals surface area contributed by atoms with Crippen LogP contribution >= 0.6 is 0 Å². The number of carbonyl (C=O) groups is 1. The molecule has 0 aliphatic rings. The summed E-state index contributed by atoms with van der Waals surface area (Å²) in [6.07, 6.45) is 1.45. The molecule has 3 aromatic rings. The summed E-state index contributed by atoms with van der Waals surface area (Å²) in [5.74, 6) is -0.319. The summed E-state index contributed by atoms with van der Waals surface area (Å²) in [6.45, 7) is 3.09. The fourth-order valence-corrected chi connectivity index (χ4v) is 2.10. The highest BCUT2D eigenvalue weighted by atomic mass is 16.5. The van der Waals surface area contributed by atoms with Crippen LogP contribution in [0.5, 0.6) is 5.75 Å². The van der Waals surface area contributed by atoms with Gasteiger partial charge in [0.05, 0.1) is 11.6 Å². The van der Waals surface area contributed by atoms with E-state index < -0.39 is 11.4 Å². The molecule has 5 nitrogen and oxygen atoms in total.